The van der Waals surface area contributed by atoms with E-state index in [2.05, 4.69) is 0 Å². The van der Waals surface area contributed by atoms with E-state index in [9.17, 15) is 19.7 Å². The van der Waals surface area contributed by atoms with Gasteiger partial charge in [0.2, 0.25) is 5.78 Å². The van der Waals surface area contributed by atoms with Crippen LogP contribution in [0.15, 0.2) is 42.5 Å². The number of hydrogen-bond acceptors (Lipinski definition) is 4. The molecule has 20 heavy (non-hydrogen) atoms. The molecule has 6 heteroatoms. The van der Waals surface area contributed by atoms with Crippen molar-refractivity contribution in [1.82, 2.24) is 0 Å². The average molecular weight is 277 g/mol. The molecule has 0 saturated carbocycles. The quantitative estimate of drug-likeness (QED) is 0.385. The third kappa shape index (κ3) is 2.00. The van der Waals surface area contributed by atoms with Gasteiger partial charge in [-0.05, 0) is 6.07 Å². The average Bonchev–Trinajstić information content (AvgIpc) is 2.44. The minimum absolute atomic E-state index is 0. The molecule has 2 aromatic rings. The Morgan fingerprint density at radius 3 is 1.95 bits per heavy atom. The SMILES string of the molecule is O=C1c2ccccc2C(=O)c2c1cccc2[N+](=O)[O-].[NaH]. The first kappa shape index (κ1) is 14.6. The van der Waals surface area contributed by atoms with Crippen molar-refractivity contribution in [3.8, 4) is 0 Å². The van der Waals surface area contributed by atoms with Crippen molar-refractivity contribution in [2.24, 2.45) is 0 Å². The van der Waals surface area contributed by atoms with Gasteiger partial charge < -0.3 is 0 Å². The van der Waals surface area contributed by atoms with Crippen LogP contribution in [0.2, 0.25) is 0 Å². The van der Waals surface area contributed by atoms with Crippen molar-refractivity contribution >= 4 is 46.8 Å². The Labute approximate surface area is 136 Å². The van der Waals surface area contributed by atoms with Crippen LogP contribution < -0.4 is 0 Å². The van der Waals surface area contributed by atoms with Gasteiger partial charge in [-0.25, -0.2) is 0 Å². The third-order valence-corrected chi connectivity index (χ3v) is 3.13. The summed E-state index contributed by atoms with van der Waals surface area (Å²) in [5, 5.41) is 11.0. The van der Waals surface area contributed by atoms with E-state index in [-0.39, 0.29) is 57.7 Å². The van der Waals surface area contributed by atoms with Crippen molar-refractivity contribution in [2.45, 2.75) is 0 Å². The molecule has 3 rings (SSSR count). The Morgan fingerprint density at radius 2 is 1.35 bits per heavy atom. The molecule has 0 aliphatic heterocycles. The summed E-state index contributed by atoms with van der Waals surface area (Å²) in [6.07, 6.45) is 0. The molecule has 0 radical (unpaired) electrons. The van der Waals surface area contributed by atoms with E-state index < -0.39 is 10.7 Å². The van der Waals surface area contributed by atoms with E-state index in [0.29, 0.717) is 5.56 Å². The molecule has 0 heterocycles. The zero-order chi connectivity index (χ0) is 13.6. The number of nitrogens with zero attached hydrogens (tertiary/aromatic N) is 1. The van der Waals surface area contributed by atoms with Crippen molar-refractivity contribution < 1.29 is 14.5 Å². The Bertz CT molecular complexity index is 755. The molecule has 94 valence electrons. The summed E-state index contributed by atoms with van der Waals surface area (Å²) in [6.45, 7) is 0. The molecule has 0 aromatic heterocycles. The summed E-state index contributed by atoms with van der Waals surface area (Å²) in [6, 6.07) is 10.4. The fraction of sp³-hybridized carbons (Fsp3) is 0. The molecule has 0 spiro atoms. The number of fused-ring (bicyclic) bond motifs is 2. The second kappa shape index (κ2) is 5.28. The van der Waals surface area contributed by atoms with Crippen LogP contribution in [0, 0.1) is 10.1 Å². The van der Waals surface area contributed by atoms with Gasteiger partial charge in [0.25, 0.3) is 5.69 Å². The van der Waals surface area contributed by atoms with Crippen LogP contribution in [0.4, 0.5) is 5.69 Å². The van der Waals surface area contributed by atoms with Gasteiger partial charge in [0.15, 0.2) is 5.78 Å². The summed E-state index contributed by atoms with van der Waals surface area (Å²) < 4.78 is 0. The van der Waals surface area contributed by atoms with E-state index in [4.69, 9.17) is 0 Å². The number of hydrogen-bond donors (Lipinski definition) is 0. The van der Waals surface area contributed by atoms with Gasteiger partial charge in [0.05, 0.1) is 4.92 Å². The summed E-state index contributed by atoms with van der Waals surface area (Å²) in [5.41, 5.74) is 0.161. The van der Waals surface area contributed by atoms with Gasteiger partial charge in [-0.2, -0.15) is 0 Å². The second-order valence-corrected chi connectivity index (χ2v) is 4.16. The van der Waals surface area contributed by atoms with E-state index in [1.54, 1.807) is 18.2 Å². The molecule has 0 fully saturated rings. The Morgan fingerprint density at radius 1 is 0.800 bits per heavy atom. The van der Waals surface area contributed by atoms with Gasteiger partial charge in [-0.1, -0.05) is 30.3 Å². The van der Waals surface area contributed by atoms with E-state index >= 15 is 0 Å². The molecular weight excluding hydrogens is 269 g/mol. The number of nitro groups is 1. The number of rotatable bonds is 1. The van der Waals surface area contributed by atoms with Crippen LogP contribution in [0.3, 0.4) is 0 Å². The summed E-state index contributed by atoms with van der Waals surface area (Å²) in [5.74, 6) is -0.827. The molecule has 1 aliphatic carbocycles. The van der Waals surface area contributed by atoms with Crippen LogP contribution in [0.5, 0.6) is 0 Å². The van der Waals surface area contributed by atoms with Gasteiger partial charge in [-0.15, -0.1) is 0 Å². The Kier molecular flexibility index (Phi) is 3.85. The molecule has 0 saturated heterocycles. The second-order valence-electron chi connectivity index (χ2n) is 4.16. The molecule has 0 atom stereocenters. The first-order valence-electron chi connectivity index (χ1n) is 5.57. The van der Waals surface area contributed by atoms with Crippen LogP contribution in [-0.4, -0.2) is 46.0 Å². The fourth-order valence-electron chi connectivity index (χ4n) is 2.28. The van der Waals surface area contributed by atoms with Crippen molar-refractivity contribution in [2.75, 3.05) is 0 Å². The molecule has 5 nitrogen and oxygen atoms in total. The standard InChI is InChI=1S/C14H7NO4.Na.H/c16-13-8-4-1-2-5-9(8)14(17)12-10(13)6-3-7-11(12)15(18)19;;/h1-7H;;. The minimum atomic E-state index is -0.641. The van der Waals surface area contributed by atoms with E-state index in [1.165, 1.54) is 24.3 Å². The molecule has 0 amide bonds. The summed E-state index contributed by atoms with van der Waals surface area (Å²) in [4.78, 5) is 34.9. The van der Waals surface area contributed by atoms with Crippen molar-refractivity contribution in [3.05, 3.63) is 74.8 Å². The van der Waals surface area contributed by atoms with E-state index in [0.717, 1.165) is 0 Å². The first-order valence-corrected chi connectivity index (χ1v) is 5.57. The number of ketones is 2. The number of carbonyl (C=O) groups excluding carboxylic acids is 2. The van der Waals surface area contributed by atoms with Crippen LogP contribution in [-0.2, 0) is 0 Å². The zero-order valence-electron chi connectivity index (χ0n) is 9.62. The van der Waals surface area contributed by atoms with Crippen molar-refractivity contribution in [1.29, 1.82) is 0 Å². The van der Waals surface area contributed by atoms with Crippen LogP contribution >= 0.6 is 0 Å². The third-order valence-electron chi connectivity index (χ3n) is 3.13. The Hall–Kier alpha value is -1.82. The molecular formula is C14H8NNaO4. The number of benzene rings is 2. The topological polar surface area (TPSA) is 77.3 Å². The molecule has 0 bridgehead atoms. The Balaban J connectivity index is 0.00000147. The molecule has 0 unspecified atom stereocenters. The van der Waals surface area contributed by atoms with E-state index in [1.807, 2.05) is 0 Å². The van der Waals surface area contributed by atoms with Crippen LogP contribution in [0.1, 0.15) is 31.8 Å². The zero-order valence-corrected chi connectivity index (χ0v) is 9.62. The van der Waals surface area contributed by atoms with Crippen molar-refractivity contribution in [3.63, 3.8) is 0 Å². The maximum atomic E-state index is 12.3. The molecule has 2 aromatic carbocycles. The van der Waals surface area contributed by atoms with Gasteiger partial charge in [-0.3, -0.25) is 19.7 Å². The number of nitro benzene ring substituents is 1. The summed E-state index contributed by atoms with van der Waals surface area (Å²) >= 11 is 0. The fourth-order valence-corrected chi connectivity index (χ4v) is 2.28. The van der Waals surface area contributed by atoms with Gasteiger partial charge in [0, 0.05) is 22.8 Å². The monoisotopic (exact) mass is 277 g/mol. The van der Waals surface area contributed by atoms with Gasteiger partial charge in [0.1, 0.15) is 5.56 Å². The molecule has 0 N–H and O–H groups in total. The number of carbonyl (C=O) groups is 2. The predicted octanol–water partition coefficient (Wildman–Crippen LogP) is 1.72. The predicted molar refractivity (Wildman–Crippen MR) is 73.6 cm³/mol. The first-order chi connectivity index (χ1) is 9.11. The van der Waals surface area contributed by atoms with Crippen LogP contribution in [0.25, 0.3) is 0 Å². The summed E-state index contributed by atoms with van der Waals surface area (Å²) in [7, 11) is 0. The van der Waals surface area contributed by atoms with Gasteiger partial charge >= 0.3 is 29.6 Å². The molecule has 1 aliphatic rings. The maximum absolute atomic E-state index is 12.3. The normalized spacial score (nSPS) is 12.2.